The highest BCUT2D eigenvalue weighted by atomic mass is 127. The fourth-order valence-electron chi connectivity index (χ4n) is 1.03. The van der Waals surface area contributed by atoms with E-state index in [2.05, 4.69) is 13.7 Å². The number of rotatable bonds is 2. The summed E-state index contributed by atoms with van der Waals surface area (Å²) < 4.78 is 8.44. The Morgan fingerprint density at radius 1 is 1.43 bits per heavy atom. The second kappa shape index (κ2) is 5.62. The molecular weight excluding hydrogens is 329 g/mol. The van der Waals surface area contributed by atoms with E-state index in [0.717, 1.165) is 16.3 Å². The Morgan fingerprint density at radius 2 is 2.29 bits per heavy atom. The standard InChI is InChI=1S/C8H7N3S2.HI/c1-12-8-7(10-13-11-8)6-3-2-4-9-5-6;/h2-5H,1H3;1H. The average Bonchev–Trinajstić information content (AvgIpc) is 2.67. The van der Waals surface area contributed by atoms with E-state index in [-0.39, 0.29) is 24.0 Å². The first-order valence-corrected chi connectivity index (χ1v) is 5.70. The van der Waals surface area contributed by atoms with Crippen LogP contribution in [0.5, 0.6) is 0 Å². The van der Waals surface area contributed by atoms with Crippen molar-refractivity contribution in [3.05, 3.63) is 24.5 Å². The van der Waals surface area contributed by atoms with Crippen molar-refractivity contribution in [2.45, 2.75) is 5.03 Å². The molecule has 0 aromatic carbocycles. The SMILES string of the molecule is CSc1nsnc1-c1ccc[nH+]c1.[I-]. The zero-order chi connectivity index (χ0) is 9.10. The van der Waals surface area contributed by atoms with Crippen LogP contribution in [0.25, 0.3) is 11.3 Å². The van der Waals surface area contributed by atoms with E-state index in [1.54, 1.807) is 11.8 Å². The van der Waals surface area contributed by atoms with Gasteiger partial charge in [0.1, 0.15) is 10.7 Å². The van der Waals surface area contributed by atoms with E-state index < -0.39 is 0 Å². The Bertz CT molecular complexity index is 390. The van der Waals surface area contributed by atoms with Crippen LogP contribution >= 0.6 is 23.5 Å². The first-order chi connectivity index (χ1) is 6.42. The van der Waals surface area contributed by atoms with Crippen LogP contribution in [0.4, 0.5) is 0 Å². The molecule has 3 nitrogen and oxygen atoms in total. The van der Waals surface area contributed by atoms with Gasteiger partial charge in [-0.2, -0.15) is 8.75 Å². The van der Waals surface area contributed by atoms with Crippen LogP contribution in [0, 0.1) is 0 Å². The Hall–Kier alpha value is -0.210. The summed E-state index contributed by atoms with van der Waals surface area (Å²) in [5.74, 6) is 0. The van der Waals surface area contributed by atoms with E-state index in [9.17, 15) is 0 Å². The van der Waals surface area contributed by atoms with Crippen LogP contribution in [0.1, 0.15) is 0 Å². The van der Waals surface area contributed by atoms with Gasteiger partial charge in [-0.05, 0) is 12.3 Å². The summed E-state index contributed by atoms with van der Waals surface area (Å²) in [5.41, 5.74) is 2.05. The molecule has 14 heavy (non-hydrogen) atoms. The molecule has 1 N–H and O–H groups in total. The summed E-state index contributed by atoms with van der Waals surface area (Å²) in [6, 6.07) is 3.98. The number of hydrogen-bond acceptors (Lipinski definition) is 4. The molecule has 2 rings (SSSR count). The smallest absolute Gasteiger partial charge is 0.176 e. The average molecular weight is 337 g/mol. The highest BCUT2D eigenvalue weighted by Gasteiger charge is 2.10. The second-order valence-electron chi connectivity index (χ2n) is 2.41. The molecule has 0 radical (unpaired) electrons. The zero-order valence-corrected chi connectivity index (χ0v) is 11.2. The Labute approximate surface area is 108 Å². The van der Waals surface area contributed by atoms with Crippen LogP contribution in [0.2, 0.25) is 0 Å². The lowest BCUT2D eigenvalue weighted by Gasteiger charge is -1.93. The normalized spacial score (nSPS) is 9.50. The zero-order valence-electron chi connectivity index (χ0n) is 7.40. The van der Waals surface area contributed by atoms with Gasteiger partial charge in [-0.1, -0.05) is 0 Å². The maximum absolute atomic E-state index is 4.25. The topological polar surface area (TPSA) is 39.9 Å². The summed E-state index contributed by atoms with van der Waals surface area (Å²) in [7, 11) is 0. The summed E-state index contributed by atoms with van der Waals surface area (Å²) >= 11 is 2.87. The minimum atomic E-state index is 0. The molecule has 0 saturated carbocycles. The molecule has 6 heteroatoms. The van der Waals surface area contributed by atoms with Crippen molar-refractivity contribution in [1.82, 2.24) is 8.75 Å². The van der Waals surface area contributed by atoms with Gasteiger partial charge in [-0.15, -0.1) is 11.8 Å². The lowest BCUT2D eigenvalue weighted by atomic mass is 10.2. The highest BCUT2D eigenvalue weighted by Crippen LogP contribution is 2.26. The minimum Gasteiger partial charge on any atom is -1.00 e. The van der Waals surface area contributed by atoms with Crippen molar-refractivity contribution in [3.8, 4) is 11.3 Å². The third-order valence-electron chi connectivity index (χ3n) is 1.63. The molecule has 2 aromatic heterocycles. The molecular formula is C8H8IN3S2. The van der Waals surface area contributed by atoms with Crippen molar-refractivity contribution >= 4 is 23.5 Å². The molecule has 0 saturated heterocycles. The summed E-state index contributed by atoms with van der Waals surface area (Å²) in [6.45, 7) is 0. The first-order valence-electron chi connectivity index (χ1n) is 3.75. The molecule has 0 unspecified atom stereocenters. The highest BCUT2D eigenvalue weighted by molar-refractivity contribution is 7.98. The van der Waals surface area contributed by atoms with Crippen LogP contribution in [0.3, 0.4) is 0 Å². The van der Waals surface area contributed by atoms with E-state index in [0.29, 0.717) is 0 Å². The Morgan fingerprint density at radius 3 is 2.93 bits per heavy atom. The summed E-state index contributed by atoms with van der Waals surface area (Å²) in [4.78, 5) is 3.03. The molecule has 0 aliphatic heterocycles. The predicted octanol–water partition coefficient (Wildman–Crippen LogP) is -1.25. The summed E-state index contributed by atoms with van der Waals surface area (Å²) in [5, 5.41) is 0.990. The molecule has 0 aliphatic carbocycles. The van der Waals surface area contributed by atoms with Gasteiger partial charge in [0.05, 0.1) is 17.3 Å². The van der Waals surface area contributed by atoms with E-state index in [4.69, 9.17) is 0 Å². The van der Waals surface area contributed by atoms with Gasteiger partial charge < -0.3 is 24.0 Å². The van der Waals surface area contributed by atoms with Gasteiger partial charge in [-0.3, -0.25) is 0 Å². The number of pyridine rings is 1. The number of hydrogen-bond donors (Lipinski definition) is 0. The molecule has 0 amide bonds. The quantitative estimate of drug-likeness (QED) is 0.508. The van der Waals surface area contributed by atoms with Crippen LogP contribution in [0.15, 0.2) is 29.6 Å². The van der Waals surface area contributed by atoms with Crippen molar-refractivity contribution in [2.24, 2.45) is 0 Å². The molecule has 0 spiro atoms. The number of thioether (sulfide) groups is 1. The minimum absolute atomic E-state index is 0. The largest absolute Gasteiger partial charge is 1.00 e. The molecule has 2 heterocycles. The summed E-state index contributed by atoms with van der Waals surface area (Å²) in [6.07, 6.45) is 5.81. The van der Waals surface area contributed by atoms with Gasteiger partial charge in [-0.25, -0.2) is 4.98 Å². The maximum Gasteiger partial charge on any atom is 0.176 e. The van der Waals surface area contributed by atoms with Gasteiger partial charge in [0.25, 0.3) is 0 Å². The van der Waals surface area contributed by atoms with E-state index in [1.165, 1.54) is 11.7 Å². The van der Waals surface area contributed by atoms with E-state index in [1.807, 2.05) is 30.8 Å². The van der Waals surface area contributed by atoms with Gasteiger partial charge >= 0.3 is 0 Å². The monoisotopic (exact) mass is 337 g/mol. The molecule has 74 valence electrons. The third-order valence-corrected chi connectivity index (χ3v) is 2.95. The second-order valence-corrected chi connectivity index (χ2v) is 3.74. The van der Waals surface area contributed by atoms with E-state index >= 15 is 0 Å². The number of aromatic nitrogens is 3. The lowest BCUT2D eigenvalue weighted by molar-refractivity contribution is -0.377. The number of nitrogens with zero attached hydrogens (tertiary/aromatic N) is 2. The lowest BCUT2D eigenvalue weighted by Crippen LogP contribution is -3.00. The van der Waals surface area contributed by atoms with Crippen molar-refractivity contribution in [2.75, 3.05) is 6.26 Å². The van der Waals surface area contributed by atoms with Crippen LogP contribution in [-0.4, -0.2) is 15.0 Å². The Kier molecular flexibility index (Phi) is 4.76. The molecule has 0 bridgehead atoms. The molecule has 0 fully saturated rings. The predicted molar refractivity (Wildman–Crippen MR) is 53.7 cm³/mol. The van der Waals surface area contributed by atoms with Crippen LogP contribution < -0.4 is 29.0 Å². The maximum atomic E-state index is 4.25. The third kappa shape index (κ3) is 2.43. The number of H-pyrrole nitrogens is 1. The number of halogens is 1. The number of aromatic amines is 1. The van der Waals surface area contributed by atoms with Gasteiger partial charge in [0, 0.05) is 6.07 Å². The fourth-order valence-corrected chi connectivity index (χ4v) is 2.32. The fraction of sp³-hybridized carbons (Fsp3) is 0.125. The van der Waals surface area contributed by atoms with Crippen molar-refractivity contribution in [1.29, 1.82) is 0 Å². The Balaban J connectivity index is 0.000000980. The van der Waals surface area contributed by atoms with Gasteiger partial charge in [0.2, 0.25) is 0 Å². The van der Waals surface area contributed by atoms with Gasteiger partial charge in [0.15, 0.2) is 12.4 Å². The van der Waals surface area contributed by atoms with Crippen molar-refractivity contribution < 1.29 is 29.0 Å². The van der Waals surface area contributed by atoms with Crippen molar-refractivity contribution in [3.63, 3.8) is 0 Å². The molecule has 0 aliphatic rings. The molecule has 2 aromatic rings. The van der Waals surface area contributed by atoms with Crippen LogP contribution in [-0.2, 0) is 0 Å². The molecule has 0 atom stereocenters. The first kappa shape index (κ1) is 11.9. The number of nitrogens with one attached hydrogen (secondary N) is 1.